The Kier molecular flexibility index (Phi) is 5.23. The second kappa shape index (κ2) is 6.51. The smallest absolute Gasteiger partial charge is 0.406 e. The van der Waals surface area contributed by atoms with Crippen molar-refractivity contribution in [2.24, 2.45) is 0 Å². The predicted molar refractivity (Wildman–Crippen MR) is 59.5 cm³/mol. The van der Waals surface area contributed by atoms with Gasteiger partial charge in [0.25, 0.3) is 0 Å². The van der Waals surface area contributed by atoms with Crippen LogP contribution in [0.15, 0.2) is 24.3 Å². The van der Waals surface area contributed by atoms with E-state index >= 15 is 0 Å². The largest absolute Gasteiger partial charge is 0.573 e. The molecule has 21 heavy (non-hydrogen) atoms. The van der Waals surface area contributed by atoms with Crippen molar-refractivity contribution in [3.8, 4) is 11.5 Å². The van der Waals surface area contributed by atoms with Crippen LogP contribution in [0.5, 0.6) is 11.5 Å². The summed E-state index contributed by atoms with van der Waals surface area (Å²) in [6, 6.07) is 2.17. The van der Waals surface area contributed by atoms with Crippen LogP contribution >= 0.6 is 0 Å². The molecule has 0 saturated heterocycles. The van der Waals surface area contributed by atoms with Crippen molar-refractivity contribution in [3.63, 3.8) is 0 Å². The van der Waals surface area contributed by atoms with Crippen LogP contribution in [0.1, 0.15) is 12.0 Å². The number of alkyl halides is 6. The first kappa shape index (κ1) is 16.9. The van der Waals surface area contributed by atoms with Crippen LogP contribution in [0, 0.1) is 0 Å². The lowest BCUT2D eigenvalue weighted by Crippen LogP contribution is -2.19. The van der Waals surface area contributed by atoms with E-state index in [2.05, 4.69) is 9.47 Å². The molecule has 0 aliphatic rings. The maximum atomic E-state index is 12.1. The van der Waals surface area contributed by atoms with Crippen LogP contribution < -0.4 is 9.47 Å². The zero-order valence-electron chi connectivity index (χ0n) is 10.2. The van der Waals surface area contributed by atoms with Crippen LogP contribution in [0.2, 0.25) is 0 Å². The van der Waals surface area contributed by atoms with Gasteiger partial charge in [-0.2, -0.15) is 0 Å². The summed E-state index contributed by atoms with van der Waals surface area (Å²) in [6.45, 7) is 0. The van der Waals surface area contributed by atoms with E-state index in [-0.39, 0.29) is 12.0 Å². The number of halogens is 6. The summed E-state index contributed by atoms with van der Waals surface area (Å²) in [5.41, 5.74) is -0.0437. The monoisotopic (exact) mass is 314 g/mol. The van der Waals surface area contributed by atoms with Crippen LogP contribution in [-0.4, -0.2) is 19.0 Å². The maximum Gasteiger partial charge on any atom is 0.573 e. The van der Waals surface area contributed by atoms with E-state index in [1.54, 1.807) is 0 Å². The molecular formula is C12H8F6O3. The Morgan fingerprint density at radius 2 is 1.38 bits per heavy atom. The van der Waals surface area contributed by atoms with Gasteiger partial charge < -0.3 is 14.3 Å². The number of rotatable bonds is 5. The molecule has 0 fully saturated rings. The van der Waals surface area contributed by atoms with Gasteiger partial charge in [-0.1, -0.05) is 12.2 Å². The summed E-state index contributed by atoms with van der Waals surface area (Å²) < 4.78 is 79.7. The molecule has 0 aliphatic heterocycles. The van der Waals surface area contributed by atoms with Gasteiger partial charge >= 0.3 is 12.7 Å². The van der Waals surface area contributed by atoms with Crippen LogP contribution in [0.25, 0.3) is 6.08 Å². The molecule has 0 radical (unpaired) electrons. The zero-order chi connectivity index (χ0) is 16.1. The third kappa shape index (κ3) is 7.23. The minimum absolute atomic E-state index is 0.0418. The van der Waals surface area contributed by atoms with Gasteiger partial charge in [-0.15, -0.1) is 26.3 Å². The molecule has 0 bridgehead atoms. The molecule has 0 N–H and O–H groups in total. The second-order valence-electron chi connectivity index (χ2n) is 3.64. The fraction of sp³-hybridized carbons (Fsp3) is 0.250. The number of hydrogen-bond donors (Lipinski definition) is 0. The van der Waals surface area contributed by atoms with Gasteiger partial charge in [0.1, 0.15) is 17.8 Å². The standard InChI is InChI=1S/C12H8F6O3/c13-11(14,15)20-9-5-8(3-1-2-4-19)6-10(7-9)21-12(16,17)18/h1,3-7H,2H2. The van der Waals surface area contributed by atoms with E-state index in [0.717, 1.165) is 12.1 Å². The van der Waals surface area contributed by atoms with Crippen LogP contribution in [0.3, 0.4) is 0 Å². The number of benzene rings is 1. The Morgan fingerprint density at radius 1 is 0.905 bits per heavy atom. The average molecular weight is 314 g/mol. The minimum atomic E-state index is -5.05. The topological polar surface area (TPSA) is 35.5 Å². The van der Waals surface area contributed by atoms with Gasteiger partial charge in [-0.3, -0.25) is 0 Å². The van der Waals surface area contributed by atoms with Gasteiger partial charge in [0.05, 0.1) is 0 Å². The SMILES string of the molecule is O=CCC=Cc1cc(OC(F)(F)F)cc(OC(F)(F)F)c1. The molecule has 0 heterocycles. The molecule has 1 rings (SSSR count). The predicted octanol–water partition coefficient (Wildman–Crippen LogP) is 4.09. The van der Waals surface area contributed by atoms with E-state index < -0.39 is 24.2 Å². The number of aldehydes is 1. The zero-order valence-corrected chi connectivity index (χ0v) is 10.2. The third-order valence-electron chi connectivity index (χ3n) is 1.91. The molecule has 9 heteroatoms. The number of carbonyl (C=O) groups excluding carboxylic acids is 1. The van der Waals surface area contributed by atoms with Gasteiger partial charge in [0.2, 0.25) is 0 Å². The van der Waals surface area contributed by atoms with Crippen LogP contribution in [-0.2, 0) is 4.79 Å². The molecule has 0 spiro atoms. The molecule has 0 saturated carbocycles. The number of ether oxygens (including phenoxy) is 2. The summed E-state index contributed by atoms with van der Waals surface area (Å²) in [4.78, 5) is 10.1. The van der Waals surface area contributed by atoms with E-state index in [1.165, 1.54) is 12.2 Å². The van der Waals surface area contributed by atoms with Crippen molar-refractivity contribution in [3.05, 3.63) is 29.8 Å². The summed E-state index contributed by atoms with van der Waals surface area (Å²) in [7, 11) is 0. The van der Waals surface area contributed by atoms with E-state index in [0.29, 0.717) is 12.4 Å². The maximum absolute atomic E-state index is 12.1. The van der Waals surface area contributed by atoms with E-state index in [4.69, 9.17) is 0 Å². The molecule has 0 atom stereocenters. The first-order chi connectivity index (χ1) is 9.59. The summed E-state index contributed by atoms with van der Waals surface area (Å²) in [6.07, 6.45) is -7.21. The first-order valence-corrected chi connectivity index (χ1v) is 5.36. The van der Waals surface area contributed by atoms with Crippen molar-refractivity contribution >= 4 is 12.4 Å². The van der Waals surface area contributed by atoms with Gasteiger partial charge in [0.15, 0.2) is 0 Å². The summed E-state index contributed by atoms with van der Waals surface area (Å²) >= 11 is 0. The van der Waals surface area contributed by atoms with Crippen molar-refractivity contribution in [1.82, 2.24) is 0 Å². The quantitative estimate of drug-likeness (QED) is 0.607. The lowest BCUT2D eigenvalue weighted by molar-refractivity contribution is -0.276. The highest BCUT2D eigenvalue weighted by Gasteiger charge is 2.33. The number of allylic oxidation sites excluding steroid dienone is 1. The summed E-state index contributed by atoms with van der Waals surface area (Å²) in [5, 5.41) is 0. The normalized spacial score (nSPS) is 12.5. The molecule has 0 amide bonds. The van der Waals surface area contributed by atoms with E-state index in [1.807, 2.05) is 0 Å². The Bertz CT molecular complexity index is 484. The van der Waals surface area contributed by atoms with Crippen molar-refractivity contribution in [2.45, 2.75) is 19.1 Å². The van der Waals surface area contributed by atoms with Crippen LogP contribution in [0.4, 0.5) is 26.3 Å². The Morgan fingerprint density at radius 3 is 1.76 bits per heavy atom. The highest BCUT2D eigenvalue weighted by Crippen LogP contribution is 2.31. The highest BCUT2D eigenvalue weighted by atomic mass is 19.4. The molecular weight excluding hydrogens is 306 g/mol. The molecule has 0 aromatic heterocycles. The Balaban J connectivity index is 3.09. The lowest BCUT2D eigenvalue weighted by atomic mass is 10.2. The Labute approximate surface area is 114 Å². The minimum Gasteiger partial charge on any atom is -0.406 e. The average Bonchev–Trinajstić information content (AvgIpc) is 2.24. The van der Waals surface area contributed by atoms with Gasteiger partial charge in [-0.05, 0) is 17.7 Å². The van der Waals surface area contributed by atoms with Gasteiger partial charge in [0, 0.05) is 12.5 Å². The van der Waals surface area contributed by atoms with Gasteiger partial charge in [-0.25, -0.2) is 0 Å². The molecule has 0 unspecified atom stereocenters. The van der Waals surface area contributed by atoms with Crippen molar-refractivity contribution in [2.75, 3.05) is 0 Å². The molecule has 3 nitrogen and oxygen atoms in total. The number of hydrogen-bond acceptors (Lipinski definition) is 3. The van der Waals surface area contributed by atoms with Crippen molar-refractivity contribution < 1.29 is 40.6 Å². The lowest BCUT2D eigenvalue weighted by Gasteiger charge is -2.13. The fourth-order valence-corrected chi connectivity index (χ4v) is 1.33. The highest BCUT2D eigenvalue weighted by molar-refractivity contribution is 5.60. The molecule has 0 aliphatic carbocycles. The third-order valence-corrected chi connectivity index (χ3v) is 1.91. The first-order valence-electron chi connectivity index (χ1n) is 5.36. The summed E-state index contributed by atoms with van der Waals surface area (Å²) in [5.74, 6) is -1.73. The van der Waals surface area contributed by atoms with E-state index in [9.17, 15) is 31.1 Å². The Hall–Kier alpha value is -2.19. The second-order valence-corrected chi connectivity index (χ2v) is 3.64. The number of carbonyl (C=O) groups is 1. The molecule has 1 aromatic rings. The molecule has 1 aromatic carbocycles. The fourth-order valence-electron chi connectivity index (χ4n) is 1.33. The molecule has 116 valence electrons. The van der Waals surface area contributed by atoms with Crippen molar-refractivity contribution in [1.29, 1.82) is 0 Å².